The van der Waals surface area contributed by atoms with Gasteiger partial charge in [0.05, 0.1) is 13.7 Å². The number of rotatable bonds is 8. The summed E-state index contributed by atoms with van der Waals surface area (Å²) in [6.45, 7) is 1.23. The van der Waals surface area contributed by atoms with Crippen molar-refractivity contribution in [3.8, 4) is 11.5 Å². The second-order valence-corrected chi connectivity index (χ2v) is 6.55. The molecule has 0 radical (unpaired) electrons. The quantitative estimate of drug-likeness (QED) is 0.548. The zero-order valence-corrected chi connectivity index (χ0v) is 15.4. The summed E-state index contributed by atoms with van der Waals surface area (Å²) in [5.74, 6) is 3.17. The summed E-state index contributed by atoms with van der Waals surface area (Å²) in [6.07, 6.45) is 9.46. The SMILES string of the molecule is COc1ccc(OCCNc2ccnc(NC3CCCCCC3)n2)cc1. The lowest BCUT2D eigenvalue weighted by molar-refractivity contribution is 0.331. The second kappa shape index (κ2) is 9.85. The fourth-order valence-corrected chi connectivity index (χ4v) is 3.15. The number of hydrogen-bond donors (Lipinski definition) is 2. The Kier molecular flexibility index (Phi) is 6.93. The Hall–Kier alpha value is -2.50. The summed E-state index contributed by atoms with van der Waals surface area (Å²) in [5, 5.41) is 6.77. The van der Waals surface area contributed by atoms with Crippen molar-refractivity contribution in [2.75, 3.05) is 30.9 Å². The average molecular weight is 356 g/mol. The van der Waals surface area contributed by atoms with Crippen LogP contribution < -0.4 is 20.1 Å². The van der Waals surface area contributed by atoms with Gasteiger partial charge >= 0.3 is 0 Å². The Bertz CT molecular complexity index is 655. The van der Waals surface area contributed by atoms with Crippen LogP contribution >= 0.6 is 0 Å². The highest BCUT2D eigenvalue weighted by molar-refractivity contribution is 5.40. The molecule has 0 aliphatic heterocycles. The number of aromatic nitrogens is 2. The largest absolute Gasteiger partial charge is 0.497 e. The highest BCUT2D eigenvalue weighted by Crippen LogP contribution is 2.20. The van der Waals surface area contributed by atoms with Gasteiger partial charge in [-0.15, -0.1) is 0 Å². The normalized spacial score (nSPS) is 15.1. The third-order valence-electron chi connectivity index (χ3n) is 4.58. The lowest BCUT2D eigenvalue weighted by Gasteiger charge is -2.16. The molecule has 2 N–H and O–H groups in total. The van der Waals surface area contributed by atoms with Gasteiger partial charge in [0.25, 0.3) is 0 Å². The molecule has 6 nitrogen and oxygen atoms in total. The Morgan fingerprint density at radius 1 is 1.00 bits per heavy atom. The highest BCUT2D eigenvalue weighted by atomic mass is 16.5. The van der Waals surface area contributed by atoms with Crippen LogP contribution in [0.5, 0.6) is 11.5 Å². The molecule has 0 saturated heterocycles. The van der Waals surface area contributed by atoms with Crippen molar-refractivity contribution >= 4 is 11.8 Å². The molecule has 1 aliphatic carbocycles. The molecule has 6 heteroatoms. The van der Waals surface area contributed by atoms with E-state index in [1.54, 1.807) is 13.3 Å². The van der Waals surface area contributed by atoms with Gasteiger partial charge in [-0.25, -0.2) is 4.98 Å². The predicted molar refractivity (Wildman–Crippen MR) is 104 cm³/mol. The molecule has 140 valence electrons. The van der Waals surface area contributed by atoms with E-state index in [9.17, 15) is 0 Å². The monoisotopic (exact) mass is 356 g/mol. The lowest BCUT2D eigenvalue weighted by Crippen LogP contribution is -2.20. The first-order chi connectivity index (χ1) is 12.8. The van der Waals surface area contributed by atoms with Crippen LogP contribution in [-0.2, 0) is 0 Å². The van der Waals surface area contributed by atoms with Crippen molar-refractivity contribution in [3.63, 3.8) is 0 Å². The maximum atomic E-state index is 5.72. The van der Waals surface area contributed by atoms with Crippen molar-refractivity contribution in [1.82, 2.24) is 9.97 Å². The standard InChI is InChI=1S/C20H28N4O2/c1-25-17-8-10-18(11-9-17)26-15-14-21-19-12-13-22-20(24-19)23-16-6-4-2-3-5-7-16/h8-13,16H,2-7,14-15H2,1H3,(H2,21,22,23,24). The molecule has 1 aromatic heterocycles. The first-order valence-electron chi connectivity index (χ1n) is 9.44. The number of nitrogens with zero attached hydrogens (tertiary/aromatic N) is 2. The van der Waals surface area contributed by atoms with Gasteiger partial charge in [-0.1, -0.05) is 25.7 Å². The molecule has 1 heterocycles. The van der Waals surface area contributed by atoms with Crippen LogP contribution in [0.15, 0.2) is 36.5 Å². The molecule has 26 heavy (non-hydrogen) atoms. The van der Waals surface area contributed by atoms with Crippen LogP contribution in [0.3, 0.4) is 0 Å². The summed E-state index contributed by atoms with van der Waals surface area (Å²) < 4.78 is 10.9. The molecule has 1 fully saturated rings. The fourth-order valence-electron chi connectivity index (χ4n) is 3.15. The van der Waals surface area contributed by atoms with E-state index >= 15 is 0 Å². The molecule has 1 saturated carbocycles. The maximum absolute atomic E-state index is 5.72. The van der Waals surface area contributed by atoms with Gasteiger partial charge in [0.2, 0.25) is 5.95 Å². The Morgan fingerprint density at radius 3 is 2.46 bits per heavy atom. The summed E-state index contributed by atoms with van der Waals surface area (Å²) in [6, 6.07) is 9.95. The Morgan fingerprint density at radius 2 is 1.73 bits per heavy atom. The molecule has 1 aliphatic rings. The molecular weight excluding hydrogens is 328 g/mol. The van der Waals surface area contributed by atoms with E-state index in [1.165, 1.54) is 38.5 Å². The van der Waals surface area contributed by atoms with Gasteiger partial charge < -0.3 is 20.1 Å². The number of nitrogens with one attached hydrogen (secondary N) is 2. The van der Waals surface area contributed by atoms with E-state index < -0.39 is 0 Å². The van der Waals surface area contributed by atoms with Crippen molar-refractivity contribution in [1.29, 1.82) is 0 Å². The van der Waals surface area contributed by atoms with Gasteiger partial charge in [0, 0.05) is 12.2 Å². The van der Waals surface area contributed by atoms with E-state index in [0.29, 0.717) is 25.1 Å². The summed E-state index contributed by atoms with van der Waals surface area (Å²) >= 11 is 0. The van der Waals surface area contributed by atoms with Crippen molar-refractivity contribution < 1.29 is 9.47 Å². The minimum Gasteiger partial charge on any atom is -0.497 e. The number of anilines is 2. The number of hydrogen-bond acceptors (Lipinski definition) is 6. The number of ether oxygens (including phenoxy) is 2. The van der Waals surface area contributed by atoms with Gasteiger partial charge in [0.1, 0.15) is 23.9 Å². The molecule has 0 amide bonds. The molecule has 0 unspecified atom stereocenters. The molecule has 0 bridgehead atoms. The molecule has 0 atom stereocenters. The summed E-state index contributed by atoms with van der Waals surface area (Å²) in [7, 11) is 1.65. The van der Waals surface area contributed by atoms with Crippen LogP contribution in [0.1, 0.15) is 38.5 Å². The molecule has 3 rings (SSSR count). The Labute approximate surface area is 155 Å². The van der Waals surface area contributed by atoms with Gasteiger partial charge in [-0.05, 0) is 43.2 Å². The van der Waals surface area contributed by atoms with Crippen molar-refractivity contribution in [2.24, 2.45) is 0 Å². The van der Waals surface area contributed by atoms with Crippen molar-refractivity contribution in [2.45, 2.75) is 44.6 Å². The maximum Gasteiger partial charge on any atom is 0.224 e. The smallest absolute Gasteiger partial charge is 0.224 e. The third kappa shape index (κ3) is 5.79. The molecule has 2 aromatic rings. The number of methoxy groups -OCH3 is 1. The predicted octanol–water partition coefficient (Wildman–Crippen LogP) is 4.11. The van der Waals surface area contributed by atoms with Crippen LogP contribution in [-0.4, -0.2) is 36.3 Å². The van der Waals surface area contributed by atoms with Crippen LogP contribution in [0.4, 0.5) is 11.8 Å². The second-order valence-electron chi connectivity index (χ2n) is 6.55. The lowest BCUT2D eigenvalue weighted by atomic mass is 10.1. The average Bonchev–Trinajstić information content (AvgIpc) is 2.95. The first kappa shape index (κ1) is 18.3. The van der Waals surface area contributed by atoms with E-state index in [0.717, 1.165) is 17.3 Å². The topological polar surface area (TPSA) is 68.3 Å². The van der Waals surface area contributed by atoms with E-state index in [-0.39, 0.29) is 0 Å². The molecular formula is C20H28N4O2. The van der Waals surface area contributed by atoms with E-state index in [2.05, 4.69) is 20.6 Å². The van der Waals surface area contributed by atoms with Crippen LogP contribution in [0.25, 0.3) is 0 Å². The molecule has 1 aromatic carbocycles. The summed E-state index contributed by atoms with van der Waals surface area (Å²) in [5.41, 5.74) is 0. The van der Waals surface area contributed by atoms with E-state index in [4.69, 9.17) is 9.47 Å². The zero-order valence-electron chi connectivity index (χ0n) is 15.4. The minimum atomic E-state index is 0.492. The fraction of sp³-hybridized carbons (Fsp3) is 0.500. The summed E-state index contributed by atoms with van der Waals surface area (Å²) in [4.78, 5) is 8.91. The van der Waals surface area contributed by atoms with Gasteiger partial charge in [-0.2, -0.15) is 4.98 Å². The van der Waals surface area contributed by atoms with Gasteiger partial charge in [-0.3, -0.25) is 0 Å². The van der Waals surface area contributed by atoms with E-state index in [1.807, 2.05) is 30.3 Å². The first-order valence-corrected chi connectivity index (χ1v) is 9.44. The minimum absolute atomic E-state index is 0.492. The molecule has 0 spiro atoms. The highest BCUT2D eigenvalue weighted by Gasteiger charge is 2.13. The van der Waals surface area contributed by atoms with Crippen LogP contribution in [0.2, 0.25) is 0 Å². The van der Waals surface area contributed by atoms with Crippen molar-refractivity contribution in [3.05, 3.63) is 36.5 Å². The third-order valence-corrected chi connectivity index (χ3v) is 4.58. The van der Waals surface area contributed by atoms with Crippen LogP contribution in [0, 0.1) is 0 Å². The zero-order chi connectivity index (χ0) is 18.0. The Balaban J connectivity index is 1.42. The van der Waals surface area contributed by atoms with Gasteiger partial charge in [0.15, 0.2) is 0 Å². The number of benzene rings is 1.